The van der Waals surface area contributed by atoms with Crippen molar-refractivity contribution in [1.82, 2.24) is 4.98 Å². The lowest BCUT2D eigenvalue weighted by Crippen LogP contribution is -2.21. The van der Waals surface area contributed by atoms with Gasteiger partial charge in [-0.2, -0.15) is 13.2 Å². The molecule has 0 saturated carbocycles. The second-order valence-corrected chi connectivity index (χ2v) is 3.14. The highest BCUT2D eigenvalue weighted by atomic mass is 19.4. The lowest BCUT2D eigenvalue weighted by molar-refractivity contribution is -0.274. The molecular weight excluding hydrogens is 292 g/mol. The summed E-state index contributed by atoms with van der Waals surface area (Å²) in [5, 5.41) is 0. The molecule has 1 aromatic heterocycles. The third kappa shape index (κ3) is 3.58. The molecule has 2 N–H and O–H groups in total. The van der Waals surface area contributed by atoms with Gasteiger partial charge < -0.3 is 10.5 Å². The number of anilines is 1. The van der Waals surface area contributed by atoms with E-state index in [2.05, 4.69) is 9.72 Å². The quantitative estimate of drug-likeness (QED) is 0.849. The first-order valence-corrected chi connectivity index (χ1v) is 4.33. The molecule has 0 saturated heterocycles. The number of hydrogen-bond donors (Lipinski definition) is 1. The van der Waals surface area contributed by atoms with Gasteiger partial charge in [-0.25, -0.2) is 8.78 Å². The van der Waals surface area contributed by atoms with Gasteiger partial charge in [0.05, 0.1) is 11.9 Å². The van der Waals surface area contributed by atoms with Crippen molar-refractivity contribution in [2.24, 2.45) is 0 Å². The molecule has 108 valence electrons. The first-order valence-electron chi connectivity index (χ1n) is 4.33. The van der Waals surface area contributed by atoms with Crippen molar-refractivity contribution in [3.63, 3.8) is 0 Å². The van der Waals surface area contributed by atoms with E-state index < -0.39 is 41.7 Å². The highest BCUT2D eigenvalue weighted by molar-refractivity contribution is 5.60. The number of ether oxygens (including phenoxy) is 1. The van der Waals surface area contributed by atoms with Crippen LogP contribution in [0.1, 0.15) is 17.7 Å². The van der Waals surface area contributed by atoms with Crippen LogP contribution >= 0.6 is 0 Å². The van der Waals surface area contributed by atoms with Crippen LogP contribution in [-0.2, 0) is 6.18 Å². The van der Waals surface area contributed by atoms with Crippen molar-refractivity contribution in [1.29, 1.82) is 0 Å². The maximum atomic E-state index is 12.5. The predicted octanol–water partition coefficient (Wildman–Crippen LogP) is 3.52. The number of halogens is 8. The second-order valence-electron chi connectivity index (χ2n) is 3.14. The first-order chi connectivity index (χ1) is 8.43. The lowest BCUT2D eigenvalue weighted by atomic mass is 10.1. The number of pyridine rings is 1. The molecule has 0 bridgehead atoms. The number of nitrogens with two attached hydrogens (primary N) is 1. The molecule has 1 heterocycles. The largest absolute Gasteiger partial charge is 0.573 e. The topological polar surface area (TPSA) is 48.1 Å². The fourth-order valence-electron chi connectivity index (χ4n) is 1.19. The van der Waals surface area contributed by atoms with Gasteiger partial charge in [0.25, 0.3) is 6.43 Å². The molecule has 0 amide bonds. The Labute approximate surface area is 99.5 Å². The summed E-state index contributed by atoms with van der Waals surface area (Å²) in [7, 11) is 0. The van der Waals surface area contributed by atoms with Crippen LogP contribution in [0.5, 0.6) is 5.75 Å². The van der Waals surface area contributed by atoms with Gasteiger partial charge in [0.2, 0.25) is 0 Å². The van der Waals surface area contributed by atoms with Crippen LogP contribution in [0.15, 0.2) is 6.20 Å². The number of alkyl halides is 8. The first kappa shape index (κ1) is 15.2. The molecule has 0 atom stereocenters. The van der Waals surface area contributed by atoms with E-state index in [1.54, 1.807) is 0 Å². The van der Waals surface area contributed by atoms with E-state index in [1.807, 2.05) is 0 Å². The zero-order valence-corrected chi connectivity index (χ0v) is 8.61. The van der Waals surface area contributed by atoms with Crippen LogP contribution in [0.3, 0.4) is 0 Å². The average Bonchev–Trinajstić information content (AvgIpc) is 2.16. The average molecular weight is 296 g/mol. The Hall–Kier alpha value is -1.81. The number of nitrogen functional groups attached to an aromatic ring is 1. The molecule has 0 aliphatic rings. The molecule has 0 aliphatic heterocycles. The van der Waals surface area contributed by atoms with Crippen molar-refractivity contribution >= 4 is 5.69 Å². The second kappa shape index (κ2) is 4.70. The Balaban J connectivity index is 3.43. The molecule has 0 unspecified atom stereocenters. The molecular formula is C8H4F8N2O. The minimum absolute atomic E-state index is 0.0551. The van der Waals surface area contributed by atoms with Crippen LogP contribution in [0.4, 0.5) is 40.8 Å². The minimum Gasteiger partial charge on any atom is -0.402 e. The maximum absolute atomic E-state index is 12.5. The molecule has 0 aliphatic carbocycles. The summed E-state index contributed by atoms with van der Waals surface area (Å²) < 4.78 is 101. The van der Waals surface area contributed by atoms with E-state index >= 15 is 0 Å². The molecule has 1 aromatic rings. The number of nitrogens with zero attached hydrogens (tertiary/aromatic N) is 1. The van der Waals surface area contributed by atoms with E-state index in [0.29, 0.717) is 0 Å². The molecule has 11 heteroatoms. The van der Waals surface area contributed by atoms with Crippen molar-refractivity contribution in [2.75, 3.05) is 5.73 Å². The van der Waals surface area contributed by atoms with Crippen molar-refractivity contribution in [3.8, 4) is 5.75 Å². The highest BCUT2D eigenvalue weighted by Gasteiger charge is 2.42. The predicted molar refractivity (Wildman–Crippen MR) is 45.3 cm³/mol. The van der Waals surface area contributed by atoms with Gasteiger partial charge in [-0.1, -0.05) is 0 Å². The normalized spacial score (nSPS) is 12.9. The van der Waals surface area contributed by atoms with Crippen LogP contribution in [0.2, 0.25) is 0 Å². The zero-order valence-electron chi connectivity index (χ0n) is 8.61. The monoisotopic (exact) mass is 296 g/mol. The van der Waals surface area contributed by atoms with Gasteiger partial charge in [0.15, 0.2) is 5.75 Å². The summed E-state index contributed by atoms with van der Waals surface area (Å²) in [5.41, 5.74) is -0.718. The van der Waals surface area contributed by atoms with E-state index in [-0.39, 0.29) is 6.20 Å². The third-order valence-electron chi connectivity index (χ3n) is 1.83. The summed E-state index contributed by atoms with van der Waals surface area (Å²) in [5.74, 6) is -1.50. The van der Waals surface area contributed by atoms with Crippen molar-refractivity contribution in [3.05, 3.63) is 17.5 Å². The van der Waals surface area contributed by atoms with Gasteiger partial charge in [0.1, 0.15) is 11.3 Å². The number of aromatic nitrogens is 1. The molecule has 0 aromatic carbocycles. The Morgan fingerprint density at radius 1 is 1.11 bits per heavy atom. The van der Waals surface area contributed by atoms with Gasteiger partial charge in [-0.15, -0.1) is 13.2 Å². The molecule has 0 fully saturated rings. The van der Waals surface area contributed by atoms with Gasteiger partial charge in [0, 0.05) is 0 Å². The molecule has 1 rings (SSSR count). The fraction of sp³-hybridized carbons (Fsp3) is 0.375. The van der Waals surface area contributed by atoms with Gasteiger partial charge in [-0.05, 0) is 0 Å². The van der Waals surface area contributed by atoms with Gasteiger partial charge >= 0.3 is 12.5 Å². The van der Waals surface area contributed by atoms with E-state index in [4.69, 9.17) is 5.73 Å². The minimum atomic E-state index is -5.40. The van der Waals surface area contributed by atoms with Crippen LogP contribution < -0.4 is 10.5 Å². The maximum Gasteiger partial charge on any atom is 0.573 e. The summed E-state index contributed by atoms with van der Waals surface area (Å²) in [6.45, 7) is 0. The Bertz CT molecular complexity index is 467. The van der Waals surface area contributed by atoms with E-state index in [0.717, 1.165) is 0 Å². The number of hydrogen-bond acceptors (Lipinski definition) is 3. The summed E-state index contributed by atoms with van der Waals surface area (Å²) in [6.07, 6.45) is -14.3. The SMILES string of the molecule is Nc1c(OC(F)(F)F)cnc(C(F)F)c1C(F)(F)F. The molecule has 0 radical (unpaired) electrons. The van der Waals surface area contributed by atoms with E-state index in [1.165, 1.54) is 0 Å². The lowest BCUT2D eigenvalue weighted by Gasteiger charge is -2.17. The number of rotatable bonds is 2. The Morgan fingerprint density at radius 2 is 1.63 bits per heavy atom. The standard InChI is InChI=1S/C8H4F8N2O/c9-6(10)5-3(7(11,12)13)4(17)2(1-18-5)19-8(14,15)16/h1,6H,(H2,17,18). The van der Waals surface area contributed by atoms with Crippen LogP contribution in [0.25, 0.3) is 0 Å². The van der Waals surface area contributed by atoms with Crippen LogP contribution in [-0.4, -0.2) is 11.3 Å². The van der Waals surface area contributed by atoms with Gasteiger partial charge in [-0.3, -0.25) is 4.98 Å². The fourth-order valence-corrected chi connectivity index (χ4v) is 1.19. The molecule has 0 spiro atoms. The summed E-state index contributed by atoms with van der Waals surface area (Å²) >= 11 is 0. The van der Waals surface area contributed by atoms with Crippen molar-refractivity contribution in [2.45, 2.75) is 19.0 Å². The van der Waals surface area contributed by atoms with Crippen molar-refractivity contribution < 1.29 is 39.9 Å². The summed E-state index contributed by atoms with van der Waals surface area (Å²) in [4.78, 5) is 2.61. The smallest absolute Gasteiger partial charge is 0.402 e. The Kier molecular flexibility index (Phi) is 3.77. The molecule has 3 nitrogen and oxygen atoms in total. The molecule has 19 heavy (non-hydrogen) atoms. The Morgan fingerprint density at radius 3 is 2.00 bits per heavy atom. The highest BCUT2D eigenvalue weighted by Crippen LogP contribution is 2.43. The van der Waals surface area contributed by atoms with Crippen LogP contribution in [0, 0.1) is 0 Å². The zero-order chi connectivity index (χ0) is 15.0. The summed E-state index contributed by atoms with van der Waals surface area (Å²) in [6, 6.07) is 0. The van der Waals surface area contributed by atoms with E-state index in [9.17, 15) is 35.1 Å². The third-order valence-corrected chi connectivity index (χ3v) is 1.83.